The molecule has 0 N–H and O–H groups in total. The summed E-state index contributed by atoms with van der Waals surface area (Å²) in [4.78, 5) is 32.3. The standard InChI is InChI=1S/C23H30F3N3O3/c1-16-7-9-22(10-8-16)29(20(30)17-5-3-4-6-18(17)23(24,25)26)19(15-32-22)21(31)28-13-11-27(2)12-14-28/h3-6,16,19H,7-15H2,1-2H3/t16?,19-,22?/m0/s1. The van der Waals surface area contributed by atoms with Crippen molar-refractivity contribution in [3.05, 3.63) is 35.4 Å². The van der Waals surface area contributed by atoms with E-state index in [9.17, 15) is 22.8 Å². The Kier molecular flexibility index (Phi) is 6.24. The largest absolute Gasteiger partial charge is 0.417 e. The van der Waals surface area contributed by atoms with Crippen LogP contribution in [0.5, 0.6) is 0 Å². The number of hydrogen-bond donors (Lipinski definition) is 0. The average Bonchev–Trinajstić information content (AvgIpc) is 3.13. The molecule has 1 saturated carbocycles. The third kappa shape index (κ3) is 4.24. The van der Waals surface area contributed by atoms with Crippen molar-refractivity contribution in [2.75, 3.05) is 39.8 Å². The molecular formula is C23H30F3N3O3. The number of nitrogens with zero attached hydrogens (tertiary/aromatic N) is 3. The minimum absolute atomic E-state index is 0.0134. The van der Waals surface area contributed by atoms with Crippen LogP contribution in [0.1, 0.15) is 48.5 Å². The molecule has 32 heavy (non-hydrogen) atoms. The first kappa shape index (κ1) is 23.0. The third-order valence-electron chi connectivity index (χ3n) is 7.10. The zero-order valence-corrected chi connectivity index (χ0v) is 18.5. The van der Waals surface area contributed by atoms with Crippen molar-refractivity contribution < 1.29 is 27.5 Å². The van der Waals surface area contributed by atoms with E-state index in [-0.39, 0.29) is 12.5 Å². The highest BCUT2D eigenvalue weighted by Crippen LogP contribution is 2.44. The van der Waals surface area contributed by atoms with E-state index in [0.29, 0.717) is 44.9 Å². The summed E-state index contributed by atoms with van der Waals surface area (Å²) in [6.07, 6.45) is -2.06. The minimum atomic E-state index is -4.67. The highest BCUT2D eigenvalue weighted by atomic mass is 19.4. The first-order valence-electron chi connectivity index (χ1n) is 11.2. The zero-order chi connectivity index (χ0) is 23.1. The van der Waals surface area contributed by atoms with Gasteiger partial charge in [0.05, 0.1) is 17.7 Å². The number of benzene rings is 1. The molecule has 1 aliphatic carbocycles. The van der Waals surface area contributed by atoms with Gasteiger partial charge in [-0.05, 0) is 50.8 Å². The molecule has 4 rings (SSSR count). The van der Waals surface area contributed by atoms with Crippen LogP contribution in [0.2, 0.25) is 0 Å². The maximum atomic E-state index is 13.7. The lowest BCUT2D eigenvalue weighted by Gasteiger charge is -2.44. The fourth-order valence-corrected chi connectivity index (χ4v) is 5.05. The van der Waals surface area contributed by atoms with Gasteiger partial charge in [0.2, 0.25) is 5.91 Å². The van der Waals surface area contributed by atoms with E-state index in [4.69, 9.17) is 4.74 Å². The van der Waals surface area contributed by atoms with E-state index in [2.05, 4.69) is 11.8 Å². The highest BCUT2D eigenvalue weighted by Gasteiger charge is 2.55. The highest BCUT2D eigenvalue weighted by molar-refractivity contribution is 5.99. The van der Waals surface area contributed by atoms with E-state index in [0.717, 1.165) is 18.9 Å². The summed E-state index contributed by atoms with van der Waals surface area (Å²) >= 11 is 0. The van der Waals surface area contributed by atoms with E-state index in [1.165, 1.54) is 23.1 Å². The van der Waals surface area contributed by atoms with Gasteiger partial charge in [-0.15, -0.1) is 0 Å². The number of carbonyl (C=O) groups excluding carboxylic acids is 2. The van der Waals surface area contributed by atoms with Crippen LogP contribution in [0, 0.1) is 5.92 Å². The Labute approximate surface area is 186 Å². The van der Waals surface area contributed by atoms with Gasteiger partial charge in [0.15, 0.2) is 0 Å². The normalized spacial score (nSPS) is 29.5. The van der Waals surface area contributed by atoms with Crippen LogP contribution < -0.4 is 0 Å². The van der Waals surface area contributed by atoms with Crippen LogP contribution in [0.15, 0.2) is 24.3 Å². The number of hydrogen-bond acceptors (Lipinski definition) is 4. The molecule has 1 atom stereocenters. The molecule has 1 aromatic carbocycles. The summed E-state index contributed by atoms with van der Waals surface area (Å²) in [5.74, 6) is -0.583. The lowest BCUT2D eigenvalue weighted by Crippen LogP contribution is -2.59. The SMILES string of the molecule is CC1CCC2(CC1)OC[C@@H](C(=O)N1CCN(C)CC1)N2C(=O)c1ccccc1C(F)(F)F. The Bertz CT molecular complexity index is 860. The Morgan fingerprint density at radius 2 is 1.69 bits per heavy atom. The van der Waals surface area contributed by atoms with E-state index in [1.807, 2.05) is 7.05 Å². The maximum absolute atomic E-state index is 13.7. The Hall–Kier alpha value is -2.13. The Balaban J connectivity index is 1.70. The predicted octanol–water partition coefficient (Wildman–Crippen LogP) is 3.23. The number of alkyl halides is 3. The maximum Gasteiger partial charge on any atom is 0.417 e. The first-order valence-corrected chi connectivity index (χ1v) is 11.2. The molecule has 176 valence electrons. The van der Waals surface area contributed by atoms with Gasteiger partial charge in [-0.3, -0.25) is 14.5 Å². The van der Waals surface area contributed by atoms with Crippen molar-refractivity contribution in [1.82, 2.24) is 14.7 Å². The van der Waals surface area contributed by atoms with E-state index >= 15 is 0 Å². The quantitative estimate of drug-likeness (QED) is 0.690. The molecule has 2 saturated heterocycles. The molecule has 2 aliphatic heterocycles. The summed E-state index contributed by atoms with van der Waals surface area (Å²) < 4.78 is 47.2. The lowest BCUT2D eigenvalue weighted by atomic mass is 9.83. The van der Waals surface area contributed by atoms with Crippen LogP contribution >= 0.6 is 0 Å². The van der Waals surface area contributed by atoms with Gasteiger partial charge in [-0.2, -0.15) is 13.2 Å². The van der Waals surface area contributed by atoms with Gasteiger partial charge in [-0.1, -0.05) is 19.1 Å². The Morgan fingerprint density at radius 3 is 2.31 bits per heavy atom. The smallest absolute Gasteiger partial charge is 0.353 e. The lowest BCUT2D eigenvalue weighted by molar-refractivity contribution is -0.140. The molecule has 2 heterocycles. The summed E-state index contributed by atoms with van der Waals surface area (Å²) in [5, 5.41) is 0. The molecular weight excluding hydrogens is 423 g/mol. The van der Waals surface area contributed by atoms with Gasteiger partial charge in [-0.25, -0.2) is 0 Å². The molecule has 3 aliphatic rings. The molecule has 6 nitrogen and oxygen atoms in total. The minimum Gasteiger partial charge on any atom is -0.353 e. The molecule has 9 heteroatoms. The summed E-state index contributed by atoms with van der Waals surface area (Å²) in [6, 6.07) is 3.88. The van der Waals surface area contributed by atoms with Crippen molar-refractivity contribution in [1.29, 1.82) is 0 Å². The van der Waals surface area contributed by atoms with E-state index in [1.54, 1.807) is 4.90 Å². The fourth-order valence-electron chi connectivity index (χ4n) is 5.05. The summed E-state index contributed by atoms with van der Waals surface area (Å²) in [5.41, 5.74) is -2.45. The zero-order valence-electron chi connectivity index (χ0n) is 18.5. The van der Waals surface area contributed by atoms with Crippen molar-refractivity contribution in [3.8, 4) is 0 Å². The number of halogens is 3. The number of amides is 2. The number of piperazine rings is 1. The molecule has 0 bridgehead atoms. The van der Waals surface area contributed by atoms with E-state index < -0.39 is 35.0 Å². The van der Waals surface area contributed by atoms with Crippen molar-refractivity contribution in [2.45, 2.75) is 50.6 Å². The van der Waals surface area contributed by atoms with Crippen molar-refractivity contribution in [2.24, 2.45) is 5.92 Å². The van der Waals surface area contributed by atoms with Crippen LogP contribution in [-0.2, 0) is 15.7 Å². The number of ether oxygens (including phenoxy) is 1. The molecule has 2 amide bonds. The summed E-state index contributed by atoms with van der Waals surface area (Å²) in [7, 11) is 1.97. The number of rotatable bonds is 2. The molecule has 0 unspecified atom stereocenters. The fraction of sp³-hybridized carbons (Fsp3) is 0.652. The van der Waals surface area contributed by atoms with Crippen molar-refractivity contribution in [3.63, 3.8) is 0 Å². The number of carbonyl (C=O) groups is 2. The topological polar surface area (TPSA) is 53.1 Å². The molecule has 0 aromatic heterocycles. The first-order chi connectivity index (χ1) is 15.1. The second-order valence-electron chi connectivity index (χ2n) is 9.30. The van der Waals surface area contributed by atoms with Gasteiger partial charge in [0.25, 0.3) is 5.91 Å². The molecule has 1 aromatic rings. The molecule has 0 radical (unpaired) electrons. The summed E-state index contributed by atoms with van der Waals surface area (Å²) in [6.45, 7) is 4.60. The third-order valence-corrected chi connectivity index (χ3v) is 7.10. The van der Waals surface area contributed by atoms with Crippen LogP contribution in [-0.4, -0.2) is 78.1 Å². The Morgan fingerprint density at radius 1 is 1.06 bits per heavy atom. The van der Waals surface area contributed by atoms with Crippen molar-refractivity contribution >= 4 is 11.8 Å². The second kappa shape index (κ2) is 8.67. The van der Waals surface area contributed by atoms with Gasteiger partial charge in [0.1, 0.15) is 11.8 Å². The molecule has 1 spiro atoms. The number of likely N-dealkylation sites (N-methyl/N-ethyl adjacent to an activating group) is 1. The van der Waals surface area contributed by atoms with Gasteiger partial charge in [0, 0.05) is 26.2 Å². The second-order valence-corrected chi connectivity index (χ2v) is 9.30. The monoisotopic (exact) mass is 453 g/mol. The van der Waals surface area contributed by atoms with Gasteiger partial charge >= 0.3 is 6.18 Å². The predicted molar refractivity (Wildman–Crippen MR) is 112 cm³/mol. The van der Waals surface area contributed by atoms with Crippen LogP contribution in [0.4, 0.5) is 13.2 Å². The van der Waals surface area contributed by atoms with Gasteiger partial charge < -0.3 is 14.5 Å². The molecule has 3 fully saturated rings. The van der Waals surface area contributed by atoms with Crippen LogP contribution in [0.25, 0.3) is 0 Å². The van der Waals surface area contributed by atoms with Crippen LogP contribution in [0.3, 0.4) is 0 Å². The average molecular weight is 454 g/mol.